The average Bonchev–Trinajstić information content (AvgIpc) is 2.68. The SMILES string of the molecule is Cc1cc2oc(C)[n+](Cc3ccccc3)c2cc1C. The van der Waals surface area contributed by atoms with Crippen LogP contribution in [0, 0.1) is 20.8 Å². The second-order valence-corrected chi connectivity index (χ2v) is 5.10. The highest BCUT2D eigenvalue weighted by atomic mass is 16.3. The van der Waals surface area contributed by atoms with Gasteiger partial charge < -0.3 is 4.42 Å². The van der Waals surface area contributed by atoms with Crippen molar-refractivity contribution in [1.29, 1.82) is 0 Å². The monoisotopic (exact) mass is 252 g/mol. The quantitative estimate of drug-likeness (QED) is 0.636. The van der Waals surface area contributed by atoms with Gasteiger partial charge in [-0.15, -0.1) is 0 Å². The van der Waals surface area contributed by atoms with Gasteiger partial charge in [-0.05, 0) is 31.0 Å². The van der Waals surface area contributed by atoms with E-state index in [2.05, 4.69) is 54.8 Å². The lowest BCUT2D eigenvalue weighted by molar-refractivity contribution is -0.674. The highest BCUT2D eigenvalue weighted by Crippen LogP contribution is 2.19. The minimum atomic E-state index is 0.849. The minimum Gasteiger partial charge on any atom is -0.402 e. The van der Waals surface area contributed by atoms with E-state index < -0.39 is 0 Å². The van der Waals surface area contributed by atoms with Crippen LogP contribution in [0.3, 0.4) is 0 Å². The summed E-state index contributed by atoms with van der Waals surface area (Å²) >= 11 is 0. The number of hydrogen-bond acceptors (Lipinski definition) is 1. The second-order valence-electron chi connectivity index (χ2n) is 5.10. The highest BCUT2D eigenvalue weighted by Gasteiger charge is 2.20. The number of aryl methyl sites for hydroxylation is 3. The van der Waals surface area contributed by atoms with Crippen LogP contribution in [0.25, 0.3) is 11.1 Å². The zero-order valence-corrected chi connectivity index (χ0v) is 11.6. The first kappa shape index (κ1) is 12.0. The number of aromatic nitrogens is 1. The zero-order valence-electron chi connectivity index (χ0n) is 11.6. The van der Waals surface area contributed by atoms with Gasteiger partial charge in [-0.2, -0.15) is 4.57 Å². The summed E-state index contributed by atoms with van der Waals surface area (Å²) in [7, 11) is 0. The van der Waals surface area contributed by atoms with Crippen molar-refractivity contribution in [2.45, 2.75) is 27.3 Å². The number of nitrogens with zero attached hydrogens (tertiary/aromatic N) is 1. The molecule has 0 aliphatic heterocycles. The van der Waals surface area contributed by atoms with Crippen LogP contribution in [-0.2, 0) is 6.54 Å². The molecule has 0 saturated heterocycles. The van der Waals surface area contributed by atoms with Gasteiger partial charge in [0.2, 0.25) is 5.58 Å². The van der Waals surface area contributed by atoms with Gasteiger partial charge in [0.25, 0.3) is 5.52 Å². The lowest BCUT2D eigenvalue weighted by Gasteiger charge is -1.98. The number of oxazole rings is 1. The Morgan fingerprint density at radius 2 is 1.63 bits per heavy atom. The normalized spacial score (nSPS) is 11.1. The molecule has 1 heterocycles. The molecule has 0 saturated carbocycles. The zero-order chi connectivity index (χ0) is 13.4. The van der Waals surface area contributed by atoms with Crippen LogP contribution in [0.4, 0.5) is 0 Å². The first-order chi connectivity index (χ1) is 9.15. The molecule has 0 aliphatic carbocycles. The topological polar surface area (TPSA) is 17.0 Å². The Bertz CT molecular complexity index is 726. The molecule has 2 nitrogen and oxygen atoms in total. The maximum atomic E-state index is 5.87. The molecule has 0 atom stereocenters. The summed E-state index contributed by atoms with van der Waals surface area (Å²) in [6.07, 6.45) is 0. The Kier molecular flexibility index (Phi) is 2.86. The summed E-state index contributed by atoms with van der Waals surface area (Å²) in [5, 5.41) is 0. The maximum absolute atomic E-state index is 5.87. The summed E-state index contributed by atoms with van der Waals surface area (Å²) in [6.45, 7) is 7.13. The smallest absolute Gasteiger partial charge is 0.345 e. The van der Waals surface area contributed by atoms with Gasteiger partial charge >= 0.3 is 5.89 Å². The van der Waals surface area contributed by atoms with Crippen LogP contribution >= 0.6 is 0 Å². The maximum Gasteiger partial charge on any atom is 0.345 e. The van der Waals surface area contributed by atoms with E-state index in [1.54, 1.807) is 0 Å². The highest BCUT2D eigenvalue weighted by molar-refractivity contribution is 5.71. The summed E-state index contributed by atoms with van der Waals surface area (Å²) in [4.78, 5) is 0. The number of rotatable bonds is 2. The molecule has 0 aliphatic rings. The number of fused-ring (bicyclic) bond motifs is 1. The lowest BCUT2D eigenvalue weighted by atomic mass is 10.1. The van der Waals surface area contributed by atoms with Gasteiger partial charge in [-0.3, -0.25) is 0 Å². The van der Waals surface area contributed by atoms with Crippen molar-refractivity contribution < 1.29 is 8.98 Å². The molecule has 0 bridgehead atoms. The van der Waals surface area contributed by atoms with Gasteiger partial charge in [0.1, 0.15) is 0 Å². The molecule has 0 fully saturated rings. The summed E-state index contributed by atoms with van der Waals surface area (Å²) < 4.78 is 8.10. The van der Waals surface area contributed by atoms with Crippen LogP contribution in [0.15, 0.2) is 46.9 Å². The molecule has 0 spiro atoms. The van der Waals surface area contributed by atoms with E-state index in [0.29, 0.717) is 0 Å². The van der Waals surface area contributed by atoms with Gasteiger partial charge in [-0.1, -0.05) is 30.3 Å². The predicted octanol–water partition coefficient (Wildman–Crippen LogP) is 3.69. The fourth-order valence-corrected chi connectivity index (χ4v) is 2.41. The van der Waals surface area contributed by atoms with E-state index in [0.717, 1.165) is 18.0 Å². The fourth-order valence-electron chi connectivity index (χ4n) is 2.41. The summed E-state index contributed by atoms with van der Waals surface area (Å²) in [5.74, 6) is 0.948. The summed E-state index contributed by atoms with van der Waals surface area (Å²) in [5.41, 5.74) is 6.00. The van der Waals surface area contributed by atoms with Crippen molar-refractivity contribution in [1.82, 2.24) is 0 Å². The van der Waals surface area contributed by atoms with Crippen molar-refractivity contribution in [2.24, 2.45) is 0 Å². The van der Waals surface area contributed by atoms with Gasteiger partial charge in [0, 0.05) is 11.6 Å². The Morgan fingerprint density at radius 1 is 0.947 bits per heavy atom. The molecule has 3 aromatic rings. The molecular weight excluding hydrogens is 234 g/mol. The third-order valence-corrected chi connectivity index (χ3v) is 3.69. The Labute approximate surface area is 113 Å². The van der Waals surface area contributed by atoms with Crippen LogP contribution in [0.5, 0.6) is 0 Å². The van der Waals surface area contributed by atoms with E-state index in [1.165, 1.54) is 22.2 Å². The standard InChI is InChI=1S/C17H18NO/c1-12-9-16-17(10-13(12)2)19-14(3)18(16)11-15-7-5-4-6-8-15/h4-10H,11H2,1-3H3/q+1. The van der Waals surface area contributed by atoms with Crippen LogP contribution in [0.1, 0.15) is 22.6 Å². The first-order valence-corrected chi connectivity index (χ1v) is 6.59. The van der Waals surface area contributed by atoms with E-state index in [9.17, 15) is 0 Å². The third kappa shape index (κ3) is 2.14. The van der Waals surface area contributed by atoms with Crippen LogP contribution in [-0.4, -0.2) is 0 Å². The molecule has 0 amide bonds. The molecule has 0 radical (unpaired) electrons. The van der Waals surface area contributed by atoms with E-state index >= 15 is 0 Å². The van der Waals surface area contributed by atoms with Crippen LogP contribution < -0.4 is 4.57 Å². The first-order valence-electron chi connectivity index (χ1n) is 6.59. The van der Waals surface area contributed by atoms with Gasteiger partial charge in [0.05, 0.1) is 6.92 Å². The van der Waals surface area contributed by atoms with E-state index in [-0.39, 0.29) is 0 Å². The lowest BCUT2D eigenvalue weighted by Crippen LogP contribution is -2.35. The number of hydrogen-bond donors (Lipinski definition) is 0. The predicted molar refractivity (Wildman–Crippen MR) is 76.2 cm³/mol. The molecule has 2 heteroatoms. The molecular formula is C17H18NO+. The largest absolute Gasteiger partial charge is 0.402 e. The van der Waals surface area contributed by atoms with Crippen molar-refractivity contribution >= 4 is 11.1 Å². The van der Waals surface area contributed by atoms with Crippen molar-refractivity contribution in [3.05, 3.63) is 65.0 Å². The second kappa shape index (κ2) is 4.54. The average molecular weight is 252 g/mol. The molecule has 3 rings (SSSR count). The fraction of sp³-hybridized carbons (Fsp3) is 0.235. The summed E-state index contributed by atoms with van der Waals surface area (Å²) in [6, 6.07) is 14.8. The Hall–Kier alpha value is -2.09. The minimum absolute atomic E-state index is 0.849. The molecule has 0 unspecified atom stereocenters. The molecule has 2 aromatic carbocycles. The molecule has 19 heavy (non-hydrogen) atoms. The van der Waals surface area contributed by atoms with Crippen LogP contribution in [0.2, 0.25) is 0 Å². The van der Waals surface area contributed by atoms with Crippen molar-refractivity contribution in [2.75, 3.05) is 0 Å². The van der Waals surface area contributed by atoms with E-state index in [1.807, 2.05) is 13.0 Å². The molecule has 0 N–H and O–H groups in total. The van der Waals surface area contributed by atoms with Gasteiger partial charge in [-0.25, -0.2) is 0 Å². The molecule has 96 valence electrons. The van der Waals surface area contributed by atoms with Gasteiger partial charge in [0.15, 0.2) is 6.54 Å². The van der Waals surface area contributed by atoms with Crippen molar-refractivity contribution in [3.63, 3.8) is 0 Å². The third-order valence-electron chi connectivity index (χ3n) is 3.69. The Balaban J connectivity index is 2.13. The molecule has 1 aromatic heterocycles. The Morgan fingerprint density at radius 3 is 2.37 bits per heavy atom. The van der Waals surface area contributed by atoms with E-state index in [4.69, 9.17) is 4.42 Å². The number of benzene rings is 2. The van der Waals surface area contributed by atoms with Crippen molar-refractivity contribution in [3.8, 4) is 0 Å².